The first-order chi connectivity index (χ1) is 6.06. The number of nitrogens with zero attached hydrogens (tertiary/aromatic N) is 1. The highest BCUT2D eigenvalue weighted by Gasteiger charge is 2.35. The zero-order valence-corrected chi connectivity index (χ0v) is 8.82. The van der Waals surface area contributed by atoms with E-state index in [9.17, 15) is 5.11 Å². The van der Waals surface area contributed by atoms with Crippen molar-refractivity contribution in [2.75, 3.05) is 21.2 Å². The van der Waals surface area contributed by atoms with Crippen LogP contribution in [0.3, 0.4) is 0 Å². The Morgan fingerprint density at radius 2 is 2.08 bits per heavy atom. The second-order valence-corrected chi connectivity index (χ2v) is 3.98. The van der Waals surface area contributed by atoms with E-state index in [-0.39, 0.29) is 12.3 Å². The van der Waals surface area contributed by atoms with E-state index >= 15 is 0 Å². The fraction of sp³-hybridized carbons (Fsp3) is 1.00. The van der Waals surface area contributed by atoms with Crippen LogP contribution in [0.1, 0.15) is 13.3 Å². The van der Waals surface area contributed by atoms with Gasteiger partial charge in [-0.3, -0.25) is 5.32 Å². The Hall–Kier alpha value is -0.160. The van der Waals surface area contributed by atoms with Crippen molar-refractivity contribution in [1.29, 1.82) is 0 Å². The van der Waals surface area contributed by atoms with Gasteiger partial charge in [0, 0.05) is 19.2 Å². The summed E-state index contributed by atoms with van der Waals surface area (Å²) < 4.78 is 5.17. The van der Waals surface area contributed by atoms with E-state index in [2.05, 4.69) is 12.2 Å². The van der Waals surface area contributed by atoms with Crippen LogP contribution in [0.4, 0.5) is 0 Å². The predicted octanol–water partition coefficient (Wildman–Crippen LogP) is -0.368. The number of piperidine rings is 1. The lowest BCUT2D eigenvalue weighted by Gasteiger charge is -2.41. The van der Waals surface area contributed by atoms with E-state index in [1.165, 1.54) is 0 Å². The summed E-state index contributed by atoms with van der Waals surface area (Å²) in [7, 11) is 5.59. The van der Waals surface area contributed by atoms with E-state index in [1.54, 1.807) is 7.11 Å². The van der Waals surface area contributed by atoms with Crippen LogP contribution in [0.5, 0.6) is 0 Å². The molecule has 0 bridgehead atoms. The van der Waals surface area contributed by atoms with Gasteiger partial charge in [-0.2, -0.15) is 0 Å². The third-order valence-corrected chi connectivity index (χ3v) is 2.67. The molecule has 78 valence electrons. The molecule has 0 aromatic heterocycles. The van der Waals surface area contributed by atoms with Crippen molar-refractivity contribution in [3.05, 3.63) is 0 Å². The Bertz CT molecular complexity index is 164. The highest BCUT2D eigenvalue weighted by molar-refractivity contribution is 4.90. The third kappa shape index (κ3) is 2.40. The Balaban J connectivity index is 2.63. The van der Waals surface area contributed by atoms with E-state index in [0.717, 1.165) is 6.42 Å². The summed E-state index contributed by atoms with van der Waals surface area (Å²) in [5.74, 6) is 0. The molecule has 0 aromatic rings. The SMILES string of the molecule is COC1NC(C)CC(N(C)C)C1O. The van der Waals surface area contributed by atoms with Crippen molar-refractivity contribution in [2.45, 2.75) is 37.8 Å². The van der Waals surface area contributed by atoms with Crippen LogP contribution >= 0.6 is 0 Å². The first-order valence-electron chi connectivity index (χ1n) is 4.69. The van der Waals surface area contributed by atoms with E-state index in [0.29, 0.717) is 6.04 Å². The van der Waals surface area contributed by atoms with Crippen LogP contribution in [-0.2, 0) is 4.74 Å². The van der Waals surface area contributed by atoms with Crippen LogP contribution in [0.2, 0.25) is 0 Å². The molecule has 1 aliphatic rings. The molecule has 4 atom stereocenters. The fourth-order valence-electron chi connectivity index (χ4n) is 1.87. The number of hydrogen-bond donors (Lipinski definition) is 2. The van der Waals surface area contributed by atoms with Crippen LogP contribution in [-0.4, -0.2) is 55.6 Å². The second-order valence-electron chi connectivity index (χ2n) is 3.98. The maximum absolute atomic E-state index is 9.89. The summed E-state index contributed by atoms with van der Waals surface area (Å²) in [6, 6.07) is 0.571. The maximum atomic E-state index is 9.89. The molecule has 13 heavy (non-hydrogen) atoms. The van der Waals surface area contributed by atoms with Crippen molar-refractivity contribution in [1.82, 2.24) is 10.2 Å². The van der Waals surface area contributed by atoms with Gasteiger partial charge in [-0.15, -0.1) is 0 Å². The van der Waals surface area contributed by atoms with Crippen molar-refractivity contribution >= 4 is 0 Å². The van der Waals surface area contributed by atoms with Gasteiger partial charge in [-0.1, -0.05) is 0 Å². The first kappa shape index (κ1) is 10.9. The van der Waals surface area contributed by atoms with Crippen LogP contribution in [0.15, 0.2) is 0 Å². The molecular formula is C9H20N2O2. The Labute approximate surface area is 79.9 Å². The Morgan fingerprint density at radius 1 is 1.46 bits per heavy atom. The Kier molecular flexibility index (Phi) is 3.67. The highest BCUT2D eigenvalue weighted by atomic mass is 16.5. The number of aliphatic hydroxyl groups excluding tert-OH is 1. The molecule has 1 fully saturated rings. The number of nitrogens with one attached hydrogen (secondary N) is 1. The molecule has 4 unspecified atom stereocenters. The average molecular weight is 188 g/mol. The lowest BCUT2D eigenvalue weighted by molar-refractivity contribution is -0.0938. The van der Waals surface area contributed by atoms with Gasteiger partial charge in [0.15, 0.2) is 0 Å². The summed E-state index contributed by atoms with van der Waals surface area (Å²) in [5.41, 5.74) is 0. The van der Waals surface area contributed by atoms with Crippen molar-refractivity contribution in [2.24, 2.45) is 0 Å². The van der Waals surface area contributed by atoms with Crippen molar-refractivity contribution < 1.29 is 9.84 Å². The van der Waals surface area contributed by atoms with Gasteiger partial charge < -0.3 is 14.7 Å². The molecule has 1 aliphatic heterocycles. The zero-order chi connectivity index (χ0) is 10.0. The standard InChI is InChI=1S/C9H20N2O2/c1-6-5-7(11(2)3)8(12)9(10-6)13-4/h6-10,12H,5H2,1-4H3. The quantitative estimate of drug-likeness (QED) is 0.621. The number of aliphatic hydroxyl groups is 1. The van der Waals surface area contributed by atoms with Gasteiger partial charge in [0.05, 0.1) is 0 Å². The van der Waals surface area contributed by atoms with Crippen LogP contribution in [0.25, 0.3) is 0 Å². The monoisotopic (exact) mass is 188 g/mol. The topological polar surface area (TPSA) is 44.7 Å². The molecule has 0 spiro atoms. The molecule has 4 heteroatoms. The predicted molar refractivity (Wildman–Crippen MR) is 51.5 cm³/mol. The minimum atomic E-state index is -0.448. The minimum Gasteiger partial charge on any atom is -0.387 e. The average Bonchev–Trinajstić information content (AvgIpc) is 2.08. The first-order valence-corrected chi connectivity index (χ1v) is 4.69. The lowest BCUT2D eigenvalue weighted by Crippen LogP contribution is -2.60. The summed E-state index contributed by atoms with van der Waals surface area (Å²) in [6.07, 6.45) is 0.265. The molecule has 1 rings (SSSR count). The molecule has 2 N–H and O–H groups in total. The molecule has 0 aromatic carbocycles. The highest BCUT2D eigenvalue weighted by Crippen LogP contribution is 2.18. The lowest BCUT2D eigenvalue weighted by atomic mass is 9.95. The second kappa shape index (κ2) is 4.37. The zero-order valence-electron chi connectivity index (χ0n) is 8.82. The third-order valence-electron chi connectivity index (χ3n) is 2.67. The fourth-order valence-corrected chi connectivity index (χ4v) is 1.87. The number of hydrogen-bond acceptors (Lipinski definition) is 4. The Morgan fingerprint density at radius 3 is 2.54 bits per heavy atom. The van der Waals surface area contributed by atoms with Gasteiger partial charge in [0.1, 0.15) is 12.3 Å². The summed E-state index contributed by atoms with van der Waals surface area (Å²) in [6.45, 7) is 2.11. The molecular weight excluding hydrogens is 168 g/mol. The van der Waals surface area contributed by atoms with E-state index in [4.69, 9.17) is 4.74 Å². The van der Waals surface area contributed by atoms with Gasteiger partial charge in [-0.05, 0) is 27.4 Å². The van der Waals surface area contributed by atoms with Crippen LogP contribution in [0, 0.1) is 0 Å². The molecule has 1 saturated heterocycles. The van der Waals surface area contributed by atoms with E-state index < -0.39 is 6.10 Å². The smallest absolute Gasteiger partial charge is 0.135 e. The molecule has 0 saturated carbocycles. The largest absolute Gasteiger partial charge is 0.387 e. The maximum Gasteiger partial charge on any atom is 0.135 e. The van der Waals surface area contributed by atoms with Crippen LogP contribution < -0.4 is 5.32 Å². The number of ether oxygens (including phenoxy) is 1. The molecule has 0 aliphatic carbocycles. The summed E-state index contributed by atoms with van der Waals surface area (Å²) in [5, 5.41) is 13.1. The van der Waals surface area contributed by atoms with Gasteiger partial charge >= 0.3 is 0 Å². The van der Waals surface area contributed by atoms with Gasteiger partial charge in [0.25, 0.3) is 0 Å². The molecule has 0 amide bonds. The van der Waals surface area contributed by atoms with Gasteiger partial charge in [0.2, 0.25) is 0 Å². The normalized spacial score (nSPS) is 41.1. The van der Waals surface area contributed by atoms with Crippen molar-refractivity contribution in [3.8, 4) is 0 Å². The molecule has 4 nitrogen and oxygen atoms in total. The van der Waals surface area contributed by atoms with Gasteiger partial charge in [-0.25, -0.2) is 0 Å². The summed E-state index contributed by atoms with van der Waals surface area (Å²) in [4.78, 5) is 2.05. The number of rotatable bonds is 2. The molecule has 1 heterocycles. The molecule has 0 radical (unpaired) electrons. The van der Waals surface area contributed by atoms with E-state index in [1.807, 2.05) is 19.0 Å². The number of methoxy groups -OCH3 is 1. The minimum absolute atomic E-state index is 0.182. The summed E-state index contributed by atoms with van der Waals surface area (Å²) >= 11 is 0. The van der Waals surface area contributed by atoms with Crippen molar-refractivity contribution in [3.63, 3.8) is 0 Å². The number of likely N-dealkylation sites (N-methyl/N-ethyl adjacent to an activating group) is 1.